The molecule has 31 heavy (non-hydrogen) atoms. The lowest BCUT2D eigenvalue weighted by atomic mass is 10.3. The van der Waals surface area contributed by atoms with Gasteiger partial charge in [0.05, 0.1) is 17.1 Å². The number of nitrogens with one attached hydrogen (secondary N) is 1. The first kappa shape index (κ1) is 20.4. The number of benzene rings is 2. The van der Waals surface area contributed by atoms with Gasteiger partial charge in [0.25, 0.3) is 11.5 Å². The number of aromatic nitrogens is 4. The second-order valence-electron chi connectivity index (χ2n) is 6.84. The Morgan fingerprint density at radius 2 is 1.71 bits per heavy atom. The summed E-state index contributed by atoms with van der Waals surface area (Å²) < 4.78 is 4.45. The number of nitrogens with zero attached hydrogens (tertiary/aromatic N) is 4. The molecule has 2 aromatic carbocycles. The lowest BCUT2D eigenvalue weighted by Crippen LogP contribution is -2.28. The molecule has 8 nitrogen and oxygen atoms in total. The monoisotopic (exact) mass is 435 g/mol. The van der Waals surface area contributed by atoms with E-state index in [0.29, 0.717) is 22.1 Å². The smallest absolute Gasteiger partial charge is 0.295 e. The summed E-state index contributed by atoms with van der Waals surface area (Å²) in [5, 5.41) is 7.20. The molecule has 4 rings (SSSR count). The number of carbonyl (C=O) groups excluding carboxylic acids is 1. The minimum atomic E-state index is -0.771. The average molecular weight is 436 g/mol. The molecular formula is C22H18ClN5O3. The van der Waals surface area contributed by atoms with Crippen LogP contribution in [-0.2, 0) is 7.05 Å². The molecule has 0 saturated heterocycles. The van der Waals surface area contributed by atoms with Gasteiger partial charge in [-0.05, 0) is 37.3 Å². The maximum atomic E-state index is 13.0. The molecule has 1 N–H and O–H groups in total. The molecule has 1 amide bonds. The van der Waals surface area contributed by atoms with Gasteiger partial charge < -0.3 is 5.32 Å². The van der Waals surface area contributed by atoms with Gasteiger partial charge in [0.1, 0.15) is 5.69 Å². The van der Waals surface area contributed by atoms with Crippen LogP contribution < -0.4 is 16.3 Å². The number of halogens is 1. The van der Waals surface area contributed by atoms with Crippen molar-refractivity contribution in [1.82, 2.24) is 19.1 Å². The van der Waals surface area contributed by atoms with E-state index in [-0.39, 0.29) is 11.4 Å². The van der Waals surface area contributed by atoms with Crippen LogP contribution in [0.25, 0.3) is 11.4 Å². The topological polar surface area (TPSA) is 90.9 Å². The van der Waals surface area contributed by atoms with Crippen molar-refractivity contribution in [3.63, 3.8) is 0 Å². The van der Waals surface area contributed by atoms with E-state index in [2.05, 4.69) is 10.4 Å². The van der Waals surface area contributed by atoms with Crippen molar-refractivity contribution in [2.24, 2.45) is 7.05 Å². The fourth-order valence-electron chi connectivity index (χ4n) is 3.21. The van der Waals surface area contributed by atoms with Crippen molar-refractivity contribution in [2.75, 3.05) is 5.32 Å². The van der Waals surface area contributed by atoms with E-state index in [4.69, 9.17) is 11.6 Å². The Morgan fingerprint density at radius 3 is 2.42 bits per heavy atom. The van der Waals surface area contributed by atoms with E-state index >= 15 is 0 Å². The van der Waals surface area contributed by atoms with Crippen molar-refractivity contribution in [1.29, 1.82) is 0 Å². The molecule has 2 aromatic heterocycles. The largest absolute Gasteiger partial charge is 0.314 e. The number of carbonyl (C=O) groups is 1. The van der Waals surface area contributed by atoms with Crippen LogP contribution in [0, 0.1) is 6.92 Å². The number of hydrogen-bond acceptors (Lipinski definition) is 4. The third-order valence-electron chi connectivity index (χ3n) is 4.89. The molecule has 4 aromatic rings. The highest BCUT2D eigenvalue weighted by atomic mass is 35.5. The summed E-state index contributed by atoms with van der Waals surface area (Å²) in [6.45, 7) is 1.71. The van der Waals surface area contributed by atoms with Crippen LogP contribution in [0.5, 0.6) is 0 Å². The van der Waals surface area contributed by atoms with Crippen LogP contribution >= 0.6 is 11.6 Å². The number of rotatable bonds is 4. The Bertz CT molecular complexity index is 1400. The van der Waals surface area contributed by atoms with Gasteiger partial charge in [0.15, 0.2) is 5.69 Å². The van der Waals surface area contributed by atoms with Gasteiger partial charge in [-0.15, -0.1) is 0 Å². The third kappa shape index (κ3) is 3.80. The molecule has 0 fully saturated rings. The van der Waals surface area contributed by atoms with Gasteiger partial charge in [0, 0.05) is 24.3 Å². The molecule has 9 heteroatoms. The predicted molar refractivity (Wildman–Crippen MR) is 119 cm³/mol. The summed E-state index contributed by atoms with van der Waals surface area (Å²) in [6.07, 6.45) is 1.45. The first-order valence-corrected chi connectivity index (χ1v) is 9.76. The molecule has 0 saturated carbocycles. The van der Waals surface area contributed by atoms with Crippen LogP contribution in [0.4, 0.5) is 5.69 Å². The Labute approximate surface area is 181 Å². The fraction of sp³-hybridized carbons (Fsp3) is 0.0909. The van der Waals surface area contributed by atoms with Gasteiger partial charge >= 0.3 is 0 Å². The van der Waals surface area contributed by atoms with Crippen molar-refractivity contribution in [2.45, 2.75) is 6.92 Å². The van der Waals surface area contributed by atoms with Crippen molar-refractivity contribution < 1.29 is 4.79 Å². The zero-order chi connectivity index (χ0) is 22.1. The van der Waals surface area contributed by atoms with E-state index in [1.54, 1.807) is 55.1 Å². The molecule has 156 valence electrons. The lowest BCUT2D eigenvalue weighted by Gasteiger charge is -2.08. The van der Waals surface area contributed by atoms with Gasteiger partial charge in [-0.2, -0.15) is 5.10 Å². The summed E-state index contributed by atoms with van der Waals surface area (Å²) in [4.78, 5) is 38.2. The summed E-state index contributed by atoms with van der Waals surface area (Å²) >= 11 is 6.02. The van der Waals surface area contributed by atoms with E-state index in [1.165, 1.54) is 21.6 Å². The summed E-state index contributed by atoms with van der Waals surface area (Å²) in [5.41, 5.74) is 0.544. The molecule has 0 spiro atoms. The van der Waals surface area contributed by atoms with Crippen molar-refractivity contribution >= 4 is 23.2 Å². The Hall–Kier alpha value is -3.91. The number of anilines is 1. The van der Waals surface area contributed by atoms with Crippen LogP contribution in [0.1, 0.15) is 16.2 Å². The average Bonchev–Trinajstić information content (AvgIpc) is 2.97. The van der Waals surface area contributed by atoms with Crippen molar-refractivity contribution in [3.05, 3.63) is 104 Å². The fourth-order valence-corrected chi connectivity index (χ4v) is 3.40. The minimum absolute atomic E-state index is 0.0794. The molecule has 0 bridgehead atoms. The maximum Gasteiger partial charge on any atom is 0.295 e. The van der Waals surface area contributed by atoms with Gasteiger partial charge in [0.2, 0.25) is 5.43 Å². The van der Waals surface area contributed by atoms with Gasteiger partial charge in [-0.25, -0.2) is 9.36 Å². The number of para-hydroxylation sites is 1. The Balaban J connectivity index is 1.72. The SMILES string of the molecule is Cc1c(NC(=O)c2nn(-c3cccc(Cl)c3)ccc2=O)c(=O)n(-c2ccccc2)n1C. The first-order valence-electron chi connectivity index (χ1n) is 9.38. The van der Waals surface area contributed by atoms with Crippen LogP contribution in [0.3, 0.4) is 0 Å². The minimum Gasteiger partial charge on any atom is -0.314 e. The number of hydrogen-bond donors (Lipinski definition) is 1. The first-order chi connectivity index (χ1) is 14.9. The Kier molecular flexibility index (Phi) is 5.31. The highest BCUT2D eigenvalue weighted by Gasteiger charge is 2.21. The molecule has 0 aliphatic carbocycles. The van der Waals surface area contributed by atoms with Crippen LogP contribution in [-0.4, -0.2) is 25.1 Å². The van der Waals surface area contributed by atoms with Crippen LogP contribution in [0.15, 0.2) is 76.4 Å². The molecule has 0 aliphatic heterocycles. The summed E-state index contributed by atoms with van der Waals surface area (Å²) in [6, 6.07) is 17.1. The van der Waals surface area contributed by atoms with Crippen molar-refractivity contribution in [3.8, 4) is 11.4 Å². The normalized spacial score (nSPS) is 10.8. The highest BCUT2D eigenvalue weighted by molar-refractivity contribution is 6.30. The summed E-state index contributed by atoms with van der Waals surface area (Å²) in [7, 11) is 1.71. The molecule has 0 radical (unpaired) electrons. The molecule has 2 heterocycles. The second kappa shape index (κ2) is 8.08. The zero-order valence-corrected chi connectivity index (χ0v) is 17.5. The lowest BCUT2D eigenvalue weighted by molar-refractivity contribution is 0.101. The van der Waals surface area contributed by atoms with E-state index < -0.39 is 16.9 Å². The number of amides is 1. The quantitative estimate of drug-likeness (QED) is 0.533. The van der Waals surface area contributed by atoms with E-state index in [1.807, 2.05) is 18.2 Å². The summed E-state index contributed by atoms with van der Waals surface area (Å²) in [5.74, 6) is -0.771. The standard InChI is InChI=1S/C22H18ClN5O3/c1-14-19(22(31)28(26(14)2)16-8-4-3-5-9-16)24-21(30)20-18(29)11-12-27(25-20)17-10-6-7-15(23)13-17/h3-13H,1-2H3,(H,24,30). The van der Waals surface area contributed by atoms with Crippen LogP contribution in [0.2, 0.25) is 5.02 Å². The Morgan fingerprint density at radius 1 is 1.00 bits per heavy atom. The third-order valence-corrected chi connectivity index (χ3v) is 5.12. The molecule has 0 atom stereocenters. The highest BCUT2D eigenvalue weighted by Crippen LogP contribution is 2.15. The molecule has 0 unspecified atom stereocenters. The van der Waals surface area contributed by atoms with Gasteiger partial charge in [-0.1, -0.05) is 35.9 Å². The second-order valence-corrected chi connectivity index (χ2v) is 7.28. The zero-order valence-electron chi connectivity index (χ0n) is 16.7. The molecule has 0 aliphatic rings. The van der Waals surface area contributed by atoms with E-state index in [9.17, 15) is 14.4 Å². The molecular weight excluding hydrogens is 418 g/mol. The predicted octanol–water partition coefficient (Wildman–Crippen LogP) is 2.94. The van der Waals surface area contributed by atoms with Gasteiger partial charge in [-0.3, -0.25) is 19.1 Å². The van der Waals surface area contributed by atoms with E-state index in [0.717, 1.165) is 0 Å². The maximum absolute atomic E-state index is 13.0.